The quantitative estimate of drug-likeness (QED) is 0.0318. The largest absolute Gasteiger partial charge is 0.396 e. The Bertz CT molecular complexity index is 2420. The third-order valence-electron chi connectivity index (χ3n) is 9.82. The first-order chi connectivity index (χ1) is 32.7. The van der Waals surface area contributed by atoms with Crippen LogP contribution in [0.3, 0.4) is 0 Å². The first kappa shape index (κ1) is 57.1. The van der Waals surface area contributed by atoms with Gasteiger partial charge in [0.1, 0.15) is 64.2 Å². The molecule has 0 radical (unpaired) electrons. The highest BCUT2D eigenvalue weighted by atomic mass is 79.9. The van der Waals surface area contributed by atoms with E-state index in [4.69, 9.17) is 11.5 Å². The number of alkyl halides is 1. The van der Waals surface area contributed by atoms with Crippen molar-refractivity contribution >= 4 is 56.2 Å². The van der Waals surface area contributed by atoms with Crippen LogP contribution in [0, 0.1) is 58.2 Å². The van der Waals surface area contributed by atoms with Crippen LogP contribution in [0.1, 0.15) is 20.8 Å². The number of benzene rings is 5. The Labute approximate surface area is 402 Å². The molecule has 0 bridgehead atoms. The van der Waals surface area contributed by atoms with Crippen molar-refractivity contribution in [1.29, 1.82) is 0 Å². The lowest BCUT2D eigenvalue weighted by Gasteiger charge is -2.36. The molecule has 3 unspecified atom stereocenters. The summed E-state index contributed by atoms with van der Waals surface area (Å²) in [7, 11) is 0. The van der Waals surface area contributed by atoms with Gasteiger partial charge in [0.15, 0.2) is 0 Å². The number of piperazine rings is 2. The average Bonchev–Trinajstić information content (AvgIpc) is 3.29. The van der Waals surface area contributed by atoms with Gasteiger partial charge >= 0.3 is 0 Å². The average molecular weight is 1050 g/mol. The highest BCUT2D eigenvalue weighted by Gasteiger charge is 2.27. The van der Waals surface area contributed by atoms with Crippen LogP contribution in [0.15, 0.2) is 91.0 Å². The van der Waals surface area contributed by atoms with Crippen molar-refractivity contribution in [3.05, 3.63) is 149 Å². The fourth-order valence-corrected chi connectivity index (χ4v) is 6.40. The minimum absolute atomic E-state index is 0.0311. The van der Waals surface area contributed by atoms with Crippen molar-refractivity contribution in [2.24, 2.45) is 5.73 Å². The van der Waals surface area contributed by atoms with Gasteiger partial charge in [-0.15, -0.1) is 0 Å². The third-order valence-corrected chi connectivity index (χ3v) is 10.2. The second-order valence-corrected chi connectivity index (χ2v) is 16.4. The zero-order valence-corrected chi connectivity index (χ0v) is 39.4. The van der Waals surface area contributed by atoms with Crippen molar-refractivity contribution in [1.82, 2.24) is 16.0 Å². The maximum atomic E-state index is 13.5. The Kier molecular flexibility index (Phi) is 23.9. The molecule has 9 N–H and O–H groups in total. The van der Waals surface area contributed by atoms with Gasteiger partial charge in [0.25, 0.3) is 0 Å². The smallest absolute Gasteiger partial charge is 0.242 e. The summed E-state index contributed by atoms with van der Waals surface area (Å²) in [6.45, 7) is 10.5. The Morgan fingerprint density at radius 1 is 0.652 bits per heavy atom. The number of amides is 2. The van der Waals surface area contributed by atoms with Crippen LogP contribution in [0.2, 0.25) is 0 Å². The fraction of sp³-hybridized carbons (Fsp3) is 0.319. The number of anilines is 5. The molecule has 5 aromatic rings. The van der Waals surface area contributed by atoms with Crippen LogP contribution in [0.25, 0.3) is 0 Å². The van der Waals surface area contributed by atoms with Crippen LogP contribution >= 0.6 is 15.9 Å². The molecule has 22 heteroatoms. The van der Waals surface area contributed by atoms with Gasteiger partial charge in [-0.2, -0.15) is 0 Å². The summed E-state index contributed by atoms with van der Waals surface area (Å²) in [6, 6.07) is 16.6. The number of hydrogen-bond acceptors (Lipinski definition) is 9. The molecule has 2 heterocycles. The summed E-state index contributed by atoms with van der Waals surface area (Å²) in [6.07, 6.45) is 0. The number of halogens is 11. The van der Waals surface area contributed by atoms with Crippen molar-refractivity contribution < 1.29 is 53.5 Å². The standard InChI is InChI=1S/C11H13BrF2N2O.C11H12F2N2O.C11H14F2N2.C8H10F2N2.C6H5F2N/c1-7(12)11(17)16-5-4-15-10-3-2-8(13)6-9(10)14;1-7-11(16)14-4-5-15(7)10-3-2-8(12)6-9(10)13;1-8-7-14-4-5-15(8)11-3-2-9(12)6-10(11)13;9-6-1-2-8(7(10)5-6)12-4-3-11;7-4-1-2-6(9)5(8)3-4/h2-3,6-7,15H,4-5H2,1H3,(H,16,17);2-3,6-7H,4-5H2,1H3,(H,14,16);2-3,6,8,14H,4-5,7H2,1H3;1-2,5,12H,3-4,11H2;1-3H,9H2. The minimum atomic E-state index is -0.713. The zero-order valence-electron chi connectivity index (χ0n) is 37.8. The van der Waals surface area contributed by atoms with Crippen LogP contribution in [0.4, 0.5) is 72.3 Å². The second-order valence-electron chi connectivity index (χ2n) is 15.1. The molecule has 5 aromatic carbocycles. The molecule has 0 aliphatic carbocycles. The van der Waals surface area contributed by atoms with Crippen LogP contribution in [-0.4, -0.2) is 87.6 Å². The molecule has 11 nitrogen and oxygen atoms in total. The number of nitrogen functional groups attached to an aromatic ring is 1. The maximum Gasteiger partial charge on any atom is 0.242 e. The topological polar surface area (TPSA) is 153 Å². The molecule has 0 spiro atoms. The van der Waals surface area contributed by atoms with E-state index in [9.17, 15) is 53.5 Å². The molecule has 2 fully saturated rings. The van der Waals surface area contributed by atoms with Gasteiger partial charge in [-0.1, -0.05) is 15.9 Å². The van der Waals surface area contributed by atoms with E-state index in [2.05, 4.69) is 42.5 Å². The fourth-order valence-electron chi connectivity index (χ4n) is 6.24. The first-order valence-electron chi connectivity index (χ1n) is 21.3. The van der Waals surface area contributed by atoms with Crippen molar-refractivity contribution in [3.63, 3.8) is 0 Å². The molecule has 2 aliphatic rings. The number of carbonyl (C=O) groups excluding carboxylic acids is 2. The molecule has 7 rings (SSSR count). The lowest BCUT2D eigenvalue weighted by atomic mass is 10.1. The van der Waals surface area contributed by atoms with E-state index in [0.717, 1.165) is 56.0 Å². The maximum absolute atomic E-state index is 13.5. The molecule has 376 valence electrons. The molecule has 2 aliphatic heterocycles. The molecule has 3 atom stereocenters. The monoisotopic (exact) mass is 1050 g/mol. The molecular weight excluding hydrogens is 992 g/mol. The molecule has 2 saturated heterocycles. The Hall–Kier alpha value is -6.26. The molecule has 0 aromatic heterocycles. The lowest BCUT2D eigenvalue weighted by Crippen LogP contribution is -2.54. The second kappa shape index (κ2) is 28.9. The zero-order chi connectivity index (χ0) is 51.2. The predicted molar refractivity (Wildman–Crippen MR) is 253 cm³/mol. The molecule has 0 saturated carbocycles. The van der Waals surface area contributed by atoms with Gasteiger partial charge in [0, 0.05) is 95.3 Å². The van der Waals surface area contributed by atoms with E-state index >= 15 is 0 Å². The Morgan fingerprint density at radius 3 is 1.55 bits per heavy atom. The van der Waals surface area contributed by atoms with E-state index < -0.39 is 64.2 Å². The number of rotatable bonds is 10. The Balaban J connectivity index is 0.000000232. The Morgan fingerprint density at radius 2 is 1.10 bits per heavy atom. The lowest BCUT2D eigenvalue weighted by molar-refractivity contribution is -0.123. The van der Waals surface area contributed by atoms with Gasteiger partial charge in [0.05, 0.1) is 33.3 Å². The predicted octanol–water partition coefficient (Wildman–Crippen LogP) is 8.21. The van der Waals surface area contributed by atoms with Gasteiger partial charge in [0.2, 0.25) is 11.8 Å². The van der Waals surface area contributed by atoms with E-state index in [1.807, 2.05) is 11.8 Å². The highest BCUT2D eigenvalue weighted by molar-refractivity contribution is 9.10. The number of hydrogen-bond donors (Lipinski definition) is 7. The van der Waals surface area contributed by atoms with E-state index in [1.165, 1.54) is 54.6 Å². The van der Waals surface area contributed by atoms with Gasteiger partial charge < -0.3 is 47.9 Å². The van der Waals surface area contributed by atoms with Gasteiger partial charge in [-0.3, -0.25) is 9.59 Å². The van der Waals surface area contributed by atoms with Crippen LogP contribution in [-0.2, 0) is 9.59 Å². The van der Waals surface area contributed by atoms with E-state index in [0.29, 0.717) is 45.0 Å². The van der Waals surface area contributed by atoms with Crippen molar-refractivity contribution in [3.8, 4) is 0 Å². The summed E-state index contributed by atoms with van der Waals surface area (Å²) < 4.78 is 128. The molecular formula is C47H54BrF10N9O2. The summed E-state index contributed by atoms with van der Waals surface area (Å²) in [5.74, 6) is -6.30. The molecule has 69 heavy (non-hydrogen) atoms. The van der Waals surface area contributed by atoms with Crippen molar-refractivity contribution in [2.45, 2.75) is 37.7 Å². The summed E-state index contributed by atoms with van der Waals surface area (Å²) in [4.78, 5) is 25.9. The van der Waals surface area contributed by atoms with Gasteiger partial charge in [-0.25, -0.2) is 43.9 Å². The summed E-state index contributed by atoms with van der Waals surface area (Å²) >= 11 is 3.12. The number of carbonyl (C=O) groups is 2. The normalized spacial score (nSPS) is 15.5. The number of nitrogens with zero attached hydrogens (tertiary/aromatic N) is 2. The van der Waals surface area contributed by atoms with E-state index in [1.54, 1.807) is 18.7 Å². The van der Waals surface area contributed by atoms with E-state index in [-0.39, 0.29) is 45.4 Å². The summed E-state index contributed by atoms with van der Waals surface area (Å²) in [5, 5.41) is 14.0. The number of nitrogens with two attached hydrogens (primary N) is 2. The van der Waals surface area contributed by atoms with Crippen LogP contribution in [0.5, 0.6) is 0 Å². The first-order valence-corrected chi connectivity index (χ1v) is 22.3. The molecule has 2 amide bonds. The minimum Gasteiger partial charge on any atom is -0.396 e. The third kappa shape index (κ3) is 19.3. The summed E-state index contributed by atoms with van der Waals surface area (Å²) in [5.41, 5.74) is 11.5. The highest BCUT2D eigenvalue weighted by Crippen LogP contribution is 2.24. The van der Waals surface area contributed by atoms with Crippen LogP contribution < -0.4 is 47.9 Å². The number of nitrogens with one attached hydrogen (secondary N) is 5. The SMILES string of the molecule is CC(Br)C(=O)NCCNc1ccc(F)cc1F.CC1C(=O)NCCN1c1ccc(F)cc1F.CC1CNCCN1c1ccc(F)cc1F.NCCNc1ccc(F)cc1F.Nc1ccc(F)cc1F. The van der Waals surface area contributed by atoms with Gasteiger partial charge in [-0.05, 0) is 81.4 Å². The van der Waals surface area contributed by atoms with Crippen molar-refractivity contribution in [2.75, 3.05) is 85.1 Å².